The number of nitrogens with zero attached hydrogens (tertiary/aromatic N) is 3. The average Bonchev–Trinajstić information content (AvgIpc) is 2.89. The monoisotopic (exact) mass is 244 g/mol. The summed E-state index contributed by atoms with van der Waals surface area (Å²) in [5, 5.41) is 15.8. The summed E-state index contributed by atoms with van der Waals surface area (Å²) in [6.07, 6.45) is 4.25. The fraction of sp³-hybridized carbons (Fsp3) is 0.231. The Bertz CT molecular complexity index is 533. The van der Waals surface area contributed by atoms with Crippen molar-refractivity contribution in [3.05, 3.63) is 42.7 Å². The van der Waals surface area contributed by atoms with Gasteiger partial charge in [0.15, 0.2) is 0 Å². The van der Waals surface area contributed by atoms with Crippen LogP contribution >= 0.6 is 0 Å². The lowest BCUT2D eigenvalue weighted by Crippen LogP contribution is -2.18. The highest BCUT2D eigenvalue weighted by Gasteiger charge is 2.09. The molecule has 5 nitrogen and oxygen atoms in total. The van der Waals surface area contributed by atoms with Crippen molar-refractivity contribution in [2.45, 2.75) is 19.4 Å². The van der Waals surface area contributed by atoms with Gasteiger partial charge in [0.25, 0.3) is 0 Å². The molecule has 0 fully saturated rings. The van der Waals surface area contributed by atoms with Crippen LogP contribution in [-0.4, -0.2) is 20.8 Å². The van der Waals surface area contributed by atoms with Crippen molar-refractivity contribution in [3.8, 4) is 11.1 Å². The number of rotatable bonds is 4. The van der Waals surface area contributed by atoms with Gasteiger partial charge in [-0.1, -0.05) is 35.5 Å². The third-order valence-electron chi connectivity index (χ3n) is 2.79. The number of oxime groups is 1. The van der Waals surface area contributed by atoms with Crippen LogP contribution in [0.5, 0.6) is 0 Å². The SMILES string of the molecule is CC(CC(N)=NO)n1cc(-c2ccccc2)cn1. The van der Waals surface area contributed by atoms with E-state index in [4.69, 9.17) is 10.9 Å². The van der Waals surface area contributed by atoms with Crippen LogP contribution in [0.2, 0.25) is 0 Å². The molecule has 0 saturated heterocycles. The van der Waals surface area contributed by atoms with E-state index in [0.717, 1.165) is 11.1 Å². The summed E-state index contributed by atoms with van der Waals surface area (Å²) in [4.78, 5) is 0. The van der Waals surface area contributed by atoms with Gasteiger partial charge < -0.3 is 10.9 Å². The Morgan fingerprint density at radius 1 is 1.39 bits per heavy atom. The minimum absolute atomic E-state index is 0.0540. The summed E-state index contributed by atoms with van der Waals surface area (Å²) in [5.41, 5.74) is 7.67. The molecule has 18 heavy (non-hydrogen) atoms. The van der Waals surface area contributed by atoms with Crippen molar-refractivity contribution in [1.82, 2.24) is 9.78 Å². The van der Waals surface area contributed by atoms with E-state index in [1.807, 2.05) is 54.3 Å². The van der Waals surface area contributed by atoms with E-state index >= 15 is 0 Å². The molecule has 0 aliphatic carbocycles. The Balaban J connectivity index is 2.16. The molecule has 94 valence electrons. The van der Waals surface area contributed by atoms with Gasteiger partial charge in [0, 0.05) is 18.2 Å². The fourth-order valence-electron chi connectivity index (χ4n) is 1.80. The normalized spacial score (nSPS) is 13.5. The molecule has 0 amide bonds. The predicted octanol–water partition coefficient (Wildman–Crippen LogP) is 2.25. The van der Waals surface area contributed by atoms with Gasteiger partial charge in [-0.2, -0.15) is 5.10 Å². The third kappa shape index (κ3) is 2.68. The van der Waals surface area contributed by atoms with E-state index < -0.39 is 0 Å². The zero-order valence-corrected chi connectivity index (χ0v) is 10.2. The molecule has 0 spiro atoms. The van der Waals surface area contributed by atoms with Gasteiger partial charge in [-0.3, -0.25) is 4.68 Å². The predicted molar refractivity (Wildman–Crippen MR) is 70.4 cm³/mol. The zero-order valence-electron chi connectivity index (χ0n) is 10.2. The quantitative estimate of drug-likeness (QED) is 0.375. The molecule has 0 aliphatic heterocycles. The maximum Gasteiger partial charge on any atom is 0.141 e. The van der Waals surface area contributed by atoms with Crippen LogP contribution in [0.4, 0.5) is 0 Å². The Morgan fingerprint density at radius 3 is 2.78 bits per heavy atom. The van der Waals surface area contributed by atoms with Crippen molar-refractivity contribution in [1.29, 1.82) is 0 Å². The molecule has 1 atom stereocenters. The Kier molecular flexibility index (Phi) is 3.62. The standard InChI is InChI=1S/C13H16N4O/c1-10(7-13(14)16-18)17-9-12(8-15-17)11-5-3-2-4-6-11/h2-6,8-10,18H,7H2,1H3,(H2,14,16). The van der Waals surface area contributed by atoms with Crippen molar-refractivity contribution >= 4 is 5.84 Å². The van der Waals surface area contributed by atoms with E-state index in [0.29, 0.717) is 6.42 Å². The van der Waals surface area contributed by atoms with Gasteiger partial charge in [-0.05, 0) is 12.5 Å². The molecule has 0 saturated carbocycles. The van der Waals surface area contributed by atoms with E-state index in [1.54, 1.807) is 0 Å². The molecule has 0 radical (unpaired) electrons. The van der Waals surface area contributed by atoms with Crippen molar-refractivity contribution in [2.24, 2.45) is 10.9 Å². The zero-order chi connectivity index (χ0) is 13.0. The number of nitrogens with two attached hydrogens (primary N) is 1. The van der Waals surface area contributed by atoms with Gasteiger partial charge in [0.05, 0.1) is 12.2 Å². The lowest BCUT2D eigenvalue weighted by molar-refractivity contribution is 0.315. The molecule has 0 aliphatic rings. The molecule has 1 heterocycles. The Hall–Kier alpha value is -2.30. The molecular weight excluding hydrogens is 228 g/mol. The first kappa shape index (κ1) is 12.2. The highest BCUT2D eigenvalue weighted by molar-refractivity contribution is 5.79. The highest BCUT2D eigenvalue weighted by atomic mass is 16.4. The second kappa shape index (κ2) is 5.35. The number of aromatic nitrogens is 2. The number of amidine groups is 1. The van der Waals surface area contributed by atoms with E-state index in [9.17, 15) is 0 Å². The smallest absolute Gasteiger partial charge is 0.141 e. The van der Waals surface area contributed by atoms with Crippen molar-refractivity contribution < 1.29 is 5.21 Å². The van der Waals surface area contributed by atoms with Crippen LogP contribution in [0.15, 0.2) is 47.9 Å². The molecule has 1 unspecified atom stereocenters. The van der Waals surface area contributed by atoms with E-state index in [1.165, 1.54) is 0 Å². The first-order valence-electron chi connectivity index (χ1n) is 5.76. The van der Waals surface area contributed by atoms with Gasteiger partial charge >= 0.3 is 0 Å². The second-order valence-electron chi connectivity index (χ2n) is 4.22. The minimum atomic E-state index is 0.0540. The number of benzene rings is 1. The maximum atomic E-state index is 8.55. The Morgan fingerprint density at radius 2 is 2.11 bits per heavy atom. The molecule has 0 bridgehead atoms. The van der Waals surface area contributed by atoms with Crippen LogP contribution < -0.4 is 5.73 Å². The summed E-state index contributed by atoms with van der Waals surface area (Å²) in [6, 6.07) is 10.1. The maximum absolute atomic E-state index is 8.55. The summed E-state index contributed by atoms with van der Waals surface area (Å²) >= 11 is 0. The van der Waals surface area contributed by atoms with Gasteiger partial charge in [0.2, 0.25) is 0 Å². The molecule has 2 aromatic rings. The number of hydrogen-bond acceptors (Lipinski definition) is 3. The second-order valence-corrected chi connectivity index (χ2v) is 4.22. The van der Waals surface area contributed by atoms with Crippen LogP contribution in [0.25, 0.3) is 11.1 Å². The third-order valence-corrected chi connectivity index (χ3v) is 2.79. The van der Waals surface area contributed by atoms with Gasteiger partial charge in [-0.15, -0.1) is 0 Å². The highest BCUT2D eigenvalue weighted by Crippen LogP contribution is 2.20. The van der Waals surface area contributed by atoms with Crippen LogP contribution in [-0.2, 0) is 0 Å². The minimum Gasteiger partial charge on any atom is -0.409 e. The first-order valence-corrected chi connectivity index (χ1v) is 5.76. The van der Waals surface area contributed by atoms with Crippen LogP contribution in [0.1, 0.15) is 19.4 Å². The number of hydrogen-bond donors (Lipinski definition) is 2. The van der Waals surface area contributed by atoms with Gasteiger partial charge in [0.1, 0.15) is 5.84 Å². The molecule has 1 aromatic heterocycles. The first-order chi connectivity index (χ1) is 8.70. The van der Waals surface area contributed by atoms with Crippen LogP contribution in [0, 0.1) is 0 Å². The molecular formula is C13H16N4O. The molecule has 3 N–H and O–H groups in total. The van der Waals surface area contributed by atoms with E-state index in [-0.39, 0.29) is 11.9 Å². The molecule has 1 aromatic carbocycles. The molecule has 5 heteroatoms. The van der Waals surface area contributed by atoms with Gasteiger partial charge in [-0.25, -0.2) is 0 Å². The largest absolute Gasteiger partial charge is 0.409 e. The summed E-state index contributed by atoms with van der Waals surface area (Å²) in [7, 11) is 0. The van der Waals surface area contributed by atoms with Crippen LogP contribution in [0.3, 0.4) is 0 Å². The topological polar surface area (TPSA) is 76.4 Å². The Labute approximate surface area is 106 Å². The van der Waals surface area contributed by atoms with E-state index in [2.05, 4.69) is 10.3 Å². The molecule has 2 rings (SSSR count). The lowest BCUT2D eigenvalue weighted by atomic mass is 10.1. The summed E-state index contributed by atoms with van der Waals surface area (Å²) in [5.74, 6) is 0.208. The summed E-state index contributed by atoms with van der Waals surface area (Å²) in [6.45, 7) is 1.97. The van der Waals surface area contributed by atoms with Crippen molar-refractivity contribution in [3.63, 3.8) is 0 Å². The van der Waals surface area contributed by atoms with Crippen molar-refractivity contribution in [2.75, 3.05) is 0 Å². The summed E-state index contributed by atoms with van der Waals surface area (Å²) < 4.78 is 1.82. The average molecular weight is 244 g/mol. The lowest BCUT2D eigenvalue weighted by Gasteiger charge is -2.10. The fourth-order valence-corrected chi connectivity index (χ4v) is 1.80.